The van der Waals surface area contributed by atoms with E-state index in [0.717, 1.165) is 6.92 Å². The zero-order chi connectivity index (χ0) is 15.3. The molecule has 0 saturated carbocycles. The average Bonchev–Trinajstić information content (AvgIpc) is 2.50. The first-order valence-electron chi connectivity index (χ1n) is 5.39. The molecule has 0 bridgehead atoms. The summed E-state index contributed by atoms with van der Waals surface area (Å²) >= 11 is 0. The highest BCUT2D eigenvalue weighted by atomic mass is 32.3. The van der Waals surface area contributed by atoms with E-state index in [1.807, 2.05) is 5.32 Å². The van der Waals surface area contributed by atoms with E-state index < -0.39 is 52.9 Å². The highest BCUT2D eigenvalue weighted by Crippen LogP contribution is 2.45. The van der Waals surface area contributed by atoms with Crippen LogP contribution in [0.4, 0.5) is 0 Å². The Kier molecular flexibility index (Phi) is 3.55. The zero-order valence-electron chi connectivity index (χ0n) is 10.1. The lowest BCUT2D eigenvalue weighted by Crippen LogP contribution is -2.77. The summed E-state index contributed by atoms with van der Waals surface area (Å²) < 4.78 is 36.0. The van der Waals surface area contributed by atoms with E-state index in [2.05, 4.69) is 8.37 Å². The van der Waals surface area contributed by atoms with Crippen LogP contribution in [0.25, 0.3) is 0 Å². The number of aliphatic hydroxyl groups is 4. The van der Waals surface area contributed by atoms with Crippen molar-refractivity contribution in [2.75, 3.05) is 6.61 Å². The quantitative estimate of drug-likeness (QED) is 0.337. The Morgan fingerprint density at radius 1 is 1.35 bits per heavy atom. The predicted molar refractivity (Wildman–Crippen MR) is 56.6 cm³/mol. The van der Waals surface area contributed by atoms with E-state index in [0.29, 0.717) is 0 Å². The molecule has 0 aromatic carbocycles. The standard InChI is InChI=1S/C8H13NO10S/c1-3(11)9-7-6(13)5(12)4(2-10)17-8(7,14)19-20(15,16)18-7/h4-6,10,12-14H,2H2,1H3,(H,9,11)/t4-,5-,6-,7-,8?/m1/s1. The van der Waals surface area contributed by atoms with Gasteiger partial charge < -0.3 is 30.5 Å². The molecule has 5 N–H and O–H groups in total. The minimum absolute atomic E-state index is 0.861. The smallest absolute Gasteiger partial charge is 0.394 e. The molecule has 12 heteroatoms. The lowest BCUT2D eigenvalue weighted by atomic mass is 9.91. The second kappa shape index (κ2) is 4.57. The summed E-state index contributed by atoms with van der Waals surface area (Å²) in [5, 5.41) is 40.6. The summed E-state index contributed by atoms with van der Waals surface area (Å²) in [6.45, 7) is 0.0841. The van der Waals surface area contributed by atoms with Gasteiger partial charge in [-0.15, -0.1) is 0 Å². The van der Waals surface area contributed by atoms with Gasteiger partial charge in [-0.1, -0.05) is 0 Å². The Hall–Kier alpha value is -0.860. The Bertz CT molecular complexity index is 521. The lowest BCUT2D eigenvalue weighted by Gasteiger charge is -2.47. The molecule has 5 atom stereocenters. The van der Waals surface area contributed by atoms with E-state index in [1.54, 1.807) is 0 Å². The summed E-state index contributed by atoms with van der Waals surface area (Å²) in [4.78, 5) is 11.2. The normalized spacial score (nSPS) is 46.8. The van der Waals surface area contributed by atoms with Gasteiger partial charge in [-0.2, -0.15) is 12.6 Å². The first kappa shape index (κ1) is 15.5. The number of amides is 1. The molecular formula is C8H13NO10S. The van der Waals surface area contributed by atoms with E-state index in [4.69, 9.17) is 9.84 Å². The molecule has 2 saturated heterocycles. The summed E-state index contributed by atoms with van der Waals surface area (Å²) in [5.74, 6) is -4.04. The minimum Gasteiger partial charge on any atom is -0.394 e. The second-order valence-electron chi connectivity index (χ2n) is 4.35. The van der Waals surface area contributed by atoms with Crippen LogP contribution in [-0.4, -0.2) is 71.4 Å². The summed E-state index contributed by atoms with van der Waals surface area (Å²) in [6, 6.07) is 0. The van der Waals surface area contributed by atoms with Gasteiger partial charge in [-0.25, -0.2) is 4.18 Å². The lowest BCUT2D eigenvalue weighted by molar-refractivity contribution is -0.433. The molecule has 0 radical (unpaired) electrons. The largest absolute Gasteiger partial charge is 0.407 e. The number of carbonyl (C=O) groups excluding carboxylic acids is 1. The van der Waals surface area contributed by atoms with E-state index in [9.17, 15) is 28.5 Å². The topological polar surface area (TPSA) is 172 Å². The number of hydrogen-bond donors (Lipinski definition) is 5. The van der Waals surface area contributed by atoms with Crippen molar-refractivity contribution in [3.05, 3.63) is 0 Å². The molecule has 2 fully saturated rings. The predicted octanol–water partition coefficient (Wildman–Crippen LogP) is -4.13. The molecule has 2 aliphatic heterocycles. The Morgan fingerprint density at radius 3 is 2.45 bits per heavy atom. The number of nitrogens with one attached hydrogen (secondary N) is 1. The van der Waals surface area contributed by atoms with Crippen LogP contribution in [0.15, 0.2) is 0 Å². The summed E-state index contributed by atoms with van der Waals surface area (Å²) in [7, 11) is -4.82. The highest BCUT2D eigenvalue weighted by Gasteiger charge is 2.75. The van der Waals surface area contributed by atoms with Crippen LogP contribution in [0.1, 0.15) is 6.92 Å². The number of ether oxygens (including phenoxy) is 1. The van der Waals surface area contributed by atoms with Crippen molar-refractivity contribution < 1.29 is 46.7 Å². The van der Waals surface area contributed by atoms with Crippen molar-refractivity contribution in [3.8, 4) is 0 Å². The SMILES string of the molecule is CC(=O)N[C@]12OS(=O)(=O)OC1(O)O[C@H](CO)[C@@H](O)[C@H]2O. The monoisotopic (exact) mass is 315 g/mol. The first-order chi connectivity index (χ1) is 9.07. The Labute approximate surface area is 113 Å². The third-order valence-corrected chi connectivity index (χ3v) is 3.79. The molecule has 1 amide bonds. The average molecular weight is 315 g/mol. The molecule has 0 aliphatic carbocycles. The molecule has 2 rings (SSSR count). The molecule has 11 nitrogen and oxygen atoms in total. The third kappa shape index (κ3) is 2.10. The van der Waals surface area contributed by atoms with Crippen LogP contribution in [0, 0.1) is 0 Å². The summed E-state index contributed by atoms with van der Waals surface area (Å²) in [6.07, 6.45) is -5.57. The van der Waals surface area contributed by atoms with Crippen LogP contribution in [0.2, 0.25) is 0 Å². The van der Waals surface area contributed by atoms with E-state index >= 15 is 0 Å². The maximum absolute atomic E-state index is 11.3. The van der Waals surface area contributed by atoms with E-state index in [-0.39, 0.29) is 0 Å². The van der Waals surface area contributed by atoms with Gasteiger partial charge in [0, 0.05) is 6.92 Å². The third-order valence-electron chi connectivity index (χ3n) is 2.89. The fourth-order valence-electron chi connectivity index (χ4n) is 2.07. The minimum atomic E-state index is -4.82. The summed E-state index contributed by atoms with van der Waals surface area (Å²) in [5.41, 5.74) is -2.79. The van der Waals surface area contributed by atoms with Crippen LogP contribution >= 0.6 is 0 Å². The van der Waals surface area contributed by atoms with Crippen LogP contribution in [-0.2, 0) is 28.3 Å². The molecule has 116 valence electrons. The maximum atomic E-state index is 11.3. The number of aliphatic hydroxyl groups excluding tert-OH is 3. The van der Waals surface area contributed by atoms with Crippen LogP contribution in [0.5, 0.6) is 0 Å². The van der Waals surface area contributed by atoms with Gasteiger partial charge in [0.15, 0.2) is 0 Å². The number of fused-ring (bicyclic) bond motifs is 1. The van der Waals surface area contributed by atoms with Crippen molar-refractivity contribution in [1.82, 2.24) is 5.32 Å². The van der Waals surface area contributed by atoms with Gasteiger partial charge in [0.05, 0.1) is 6.61 Å². The highest BCUT2D eigenvalue weighted by molar-refractivity contribution is 7.82. The number of hydrogen-bond acceptors (Lipinski definition) is 10. The van der Waals surface area contributed by atoms with Crippen molar-refractivity contribution in [1.29, 1.82) is 0 Å². The fourth-order valence-corrected chi connectivity index (χ4v) is 3.11. The van der Waals surface area contributed by atoms with Gasteiger partial charge in [0.1, 0.15) is 18.3 Å². The Balaban J connectivity index is 2.53. The van der Waals surface area contributed by atoms with Crippen molar-refractivity contribution in [2.24, 2.45) is 0 Å². The maximum Gasteiger partial charge on any atom is 0.407 e. The number of rotatable bonds is 2. The van der Waals surface area contributed by atoms with Crippen molar-refractivity contribution >= 4 is 16.3 Å². The Morgan fingerprint density at radius 2 is 1.95 bits per heavy atom. The molecule has 0 aromatic heterocycles. The number of carbonyl (C=O) groups is 1. The molecule has 2 aliphatic rings. The van der Waals surface area contributed by atoms with Gasteiger partial charge in [0.2, 0.25) is 5.91 Å². The van der Waals surface area contributed by atoms with Crippen molar-refractivity contribution in [2.45, 2.75) is 36.9 Å². The molecule has 0 aromatic rings. The second-order valence-corrected chi connectivity index (χ2v) is 5.50. The van der Waals surface area contributed by atoms with Gasteiger partial charge in [-0.3, -0.25) is 4.79 Å². The van der Waals surface area contributed by atoms with Gasteiger partial charge in [0.25, 0.3) is 5.72 Å². The zero-order valence-corrected chi connectivity index (χ0v) is 10.9. The molecule has 20 heavy (non-hydrogen) atoms. The fraction of sp³-hybridized carbons (Fsp3) is 0.875. The van der Waals surface area contributed by atoms with E-state index in [1.165, 1.54) is 0 Å². The van der Waals surface area contributed by atoms with Gasteiger partial charge >= 0.3 is 16.4 Å². The first-order valence-corrected chi connectivity index (χ1v) is 6.72. The van der Waals surface area contributed by atoms with Gasteiger partial charge in [-0.05, 0) is 0 Å². The molecule has 0 spiro atoms. The van der Waals surface area contributed by atoms with Crippen LogP contribution < -0.4 is 5.32 Å². The van der Waals surface area contributed by atoms with Crippen LogP contribution in [0.3, 0.4) is 0 Å². The van der Waals surface area contributed by atoms with Crippen molar-refractivity contribution in [3.63, 3.8) is 0 Å². The molecular weight excluding hydrogens is 302 g/mol. The molecule has 2 heterocycles. The molecule has 1 unspecified atom stereocenters.